The van der Waals surface area contributed by atoms with Gasteiger partial charge in [0.25, 0.3) is 5.91 Å². The van der Waals surface area contributed by atoms with Crippen molar-refractivity contribution in [3.63, 3.8) is 0 Å². The van der Waals surface area contributed by atoms with Crippen LogP contribution in [0.3, 0.4) is 0 Å². The first-order valence-corrected chi connectivity index (χ1v) is 11.3. The minimum atomic E-state index is -0.667. The van der Waals surface area contributed by atoms with Gasteiger partial charge in [0, 0.05) is 23.0 Å². The van der Waals surface area contributed by atoms with E-state index >= 15 is 0 Å². The predicted octanol–water partition coefficient (Wildman–Crippen LogP) is 5.56. The Morgan fingerprint density at radius 1 is 1.12 bits per heavy atom. The number of benzene rings is 2. The highest BCUT2D eigenvalue weighted by Crippen LogP contribution is 2.32. The monoisotopic (exact) mass is 489 g/mol. The molecule has 0 spiro atoms. The van der Waals surface area contributed by atoms with E-state index in [0.717, 1.165) is 6.42 Å². The number of allylic oxidation sites excluding steroid dienone is 1. The molecular weight excluding hydrogens is 465 g/mol. The number of rotatable bonds is 7. The summed E-state index contributed by atoms with van der Waals surface area (Å²) in [6.45, 7) is 6.16. The van der Waals surface area contributed by atoms with Crippen molar-refractivity contribution in [2.45, 2.75) is 33.2 Å². The molecule has 0 unspecified atom stereocenters. The van der Waals surface area contributed by atoms with Crippen LogP contribution < -0.4 is 10.6 Å². The van der Waals surface area contributed by atoms with Gasteiger partial charge >= 0.3 is 12.0 Å². The lowest BCUT2D eigenvalue weighted by Gasteiger charge is -2.35. The summed E-state index contributed by atoms with van der Waals surface area (Å²) < 4.78 is 5.26. The van der Waals surface area contributed by atoms with Gasteiger partial charge in [0.2, 0.25) is 0 Å². The molecular formula is C24H25Cl2N3O4. The Kier molecular flexibility index (Phi) is 8.00. The molecule has 0 fully saturated rings. The fourth-order valence-electron chi connectivity index (χ4n) is 3.63. The molecule has 2 aromatic carbocycles. The lowest BCUT2D eigenvalue weighted by atomic mass is 9.94. The molecule has 0 bridgehead atoms. The van der Waals surface area contributed by atoms with Crippen molar-refractivity contribution in [3.05, 3.63) is 74.9 Å². The van der Waals surface area contributed by atoms with Crippen LogP contribution in [0, 0.1) is 0 Å². The van der Waals surface area contributed by atoms with Crippen LogP contribution in [0.1, 0.15) is 49.2 Å². The summed E-state index contributed by atoms with van der Waals surface area (Å²) in [4.78, 5) is 39.5. The molecule has 7 nitrogen and oxygen atoms in total. The average molecular weight is 490 g/mol. The number of hydrogen-bond donors (Lipinski definition) is 2. The standard InChI is InChI=1S/C24H25Cl2N3O4/c1-4-12-29-14(3)20(23(31)33-5-2)21(28-24(29)32)15-6-9-17(10-7-15)27-22(30)18-11-8-16(25)13-19(18)26/h6-11,13,21H,4-5,12H2,1-3H3,(H,27,30)(H,28,32)/t21-/m1/s1. The zero-order chi connectivity index (χ0) is 24.1. The average Bonchev–Trinajstić information content (AvgIpc) is 2.76. The number of amides is 3. The number of nitrogens with zero attached hydrogens (tertiary/aromatic N) is 1. The molecule has 2 aromatic rings. The van der Waals surface area contributed by atoms with E-state index < -0.39 is 12.0 Å². The van der Waals surface area contributed by atoms with Crippen molar-refractivity contribution >= 4 is 46.8 Å². The molecule has 1 aliphatic rings. The largest absolute Gasteiger partial charge is 0.463 e. The number of urea groups is 1. The zero-order valence-corrected chi connectivity index (χ0v) is 20.1. The quantitative estimate of drug-likeness (QED) is 0.498. The van der Waals surface area contributed by atoms with E-state index in [9.17, 15) is 14.4 Å². The van der Waals surface area contributed by atoms with Crippen molar-refractivity contribution in [2.24, 2.45) is 0 Å². The number of carbonyl (C=O) groups excluding carboxylic acids is 3. The number of nitrogens with one attached hydrogen (secondary N) is 2. The second-order valence-electron chi connectivity index (χ2n) is 7.45. The topological polar surface area (TPSA) is 87.7 Å². The highest BCUT2D eigenvalue weighted by Gasteiger charge is 2.36. The van der Waals surface area contributed by atoms with E-state index in [-0.39, 0.29) is 23.6 Å². The van der Waals surface area contributed by atoms with E-state index in [2.05, 4.69) is 10.6 Å². The molecule has 0 aliphatic carbocycles. The van der Waals surface area contributed by atoms with E-state index in [1.807, 2.05) is 6.92 Å². The summed E-state index contributed by atoms with van der Waals surface area (Å²) >= 11 is 12.0. The molecule has 1 atom stereocenters. The Morgan fingerprint density at radius 3 is 2.42 bits per heavy atom. The third kappa shape index (κ3) is 5.49. The summed E-state index contributed by atoms with van der Waals surface area (Å²) in [6, 6.07) is 10.6. The number of carbonyl (C=O) groups is 3. The summed E-state index contributed by atoms with van der Waals surface area (Å²) in [5, 5.41) is 6.36. The van der Waals surface area contributed by atoms with Gasteiger partial charge in [-0.1, -0.05) is 42.3 Å². The Labute approximate surface area is 202 Å². The van der Waals surface area contributed by atoms with E-state index in [4.69, 9.17) is 27.9 Å². The SMILES string of the molecule is CCCN1C(=O)N[C@H](c2ccc(NC(=O)c3ccc(Cl)cc3Cl)cc2)C(C(=O)OCC)=C1C. The van der Waals surface area contributed by atoms with Crippen molar-refractivity contribution < 1.29 is 19.1 Å². The molecule has 3 amide bonds. The number of esters is 1. The van der Waals surface area contributed by atoms with Gasteiger partial charge in [-0.15, -0.1) is 0 Å². The first-order valence-electron chi connectivity index (χ1n) is 10.6. The Hall–Kier alpha value is -3.03. The first-order chi connectivity index (χ1) is 15.8. The maximum absolute atomic E-state index is 12.7. The number of anilines is 1. The van der Waals surface area contributed by atoms with Crippen LogP contribution in [-0.4, -0.2) is 36.0 Å². The normalized spacial score (nSPS) is 15.8. The van der Waals surface area contributed by atoms with Gasteiger partial charge < -0.3 is 15.4 Å². The highest BCUT2D eigenvalue weighted by molar-refractivity contribution is 6.37. The number of hydrogen-bond acceptors (Lipinski definition) is 4. The van der Waals surface area contributed by atoms with E-state index in [1.54, 1.807) is 55.1 Å². The maximum Gasteiger partial charge on any atom is 0.338 e. The van der Waals surface area contributed by atoms with Crippen LogP contribution in [-0.2, 0) is 9.53 Å². The minimum Gasteiger partial charge on any atom is -0.463 e. The van der Waals surface area contributed by atoms with Crippen LogP contribution in [0.15, 0.2) is 53.7 Å². The van der Waals surface area contributed by atoms with Gasteiger partial charge in [-0.2, -0.15) is 0 Å². The molecule has 174 valence electrons. The second kappa shape index (κ2) is 10.7. The number of ether oxygens (including phenoxy) is 1. The van der Waals surface area contributed by atoms with Crippen LogP contribution in [0.2, 0.25) is 10.0 Å². The Balaban J connectivity index is 1.86. The maximum atomic E-state index is 12.7. The first kappa shape index (κ1) is 24.6. The highest BCUT2D eigenvalue weighted by atomic mass is 35.5. The molecule has 1 heterocycles. The molecule has 0 saturated heterocycles. The fourth-order valence-corrected chi connectivity index (χ4v) is 4.12. The van der Waals surface area contributed by atoms with E-state index in [1.165, 1.54) is 6.07 Å². The van der Waals surface area contributed by atoms with Crippen molar-refractivity contribution in [2.75, 3.05) is 18.5 Å². The van der Waals surface area contributed by atoms with Gasteiger partial charge in [-0.05, 0) is 56.2 Å². The summed E-state index contributed by atoms with van der Waals surface area (Å²) in [7, 11) is 0. The van der Waals surface area contributed by atoms with Crippen LogP contribution >= 0.6 is 23.2 Å². The molecule has 0 radical (unpaired) electrons. The number of halogens is 2. The second-order valence-corrected chi connectivity index (χ2v) is 8.30. The Morgan fingerprint density at radius 2 is 1.82 bits per heavy atom. The molecule has 33 heavy (non-hydrogen) atoms. The smallest absolute Gasteiger partial charge is 0.338 e. The van der Waals surface area contributed by atoms with Gasteiger partial charge in [-0.25, -0.2) is 9.59 Å². The molecule has 0 aromatic heterocycles. The van der Waals surface area contributed by atoms with Crippen molar-refractivity contribution in [1.82, 2.24) is 10.2 Å². The molecule has 0 saturated carbocycles. The van der Waals surface area contributed by atoms with Crippen molar-refractivity contribution in [1.29, 1.82) is 0 Å². The molecule has 2 N–H and O–H groups in total. The predicted molar refractivity (Wildman–Crippen MR) is 128 cm³/mol. The molecule has 3 rings (SSSR count). The molecule has 9 heteroatoms. The van der Waals surface area contributed by atoms with Crippen LogP contribution in [0.25, 0.3) is 0 Å². The third-order valence-corrected chi connectivity index (χ3v) is 5.76. The van der Waals surface area contributed by atoms with Gasteiger partial charge in [0.15, 0.2) is 0 Å². The van der Waals surface area contributed by atoms with E-state index in [0.29, 0.717) is 39.7 Å². The minimum absolute atomic E-state index is 0.224. The lowest BCUT2D eigenvalue weighted by molar-refractivity contribution is -0.139. The van der Waals surface area contributed by atoms with Crippen LogP contribution in [0.5, 0.6) is 0 Å². The summed E-state index contributed by atoms with van der Waals surface area (Å²) in [6.07, 6.45) is 0.748. The fraction of sp³-hybridized carbons (Fsp3) is 0.292. The Bertz CT molecular complexity index is 1100. The third-order valence-electron chi connectivity index (χ3n) is 5.22. The van der Waals surface area contributed by atoms with Gasteiger partial charge in [-0.3, -0.25) is 9.69 Å². The summed E-state index contributed by atoms with van der Waals surface area (Å²) in [5.41, 5.74) is 2.46. The van der Waals surface area contributed by atoms with Crippen LogP contribution in [0.4, 0.5) is 10.5 Å². The lowest BCUT2D eigenvalue weighted by Crippen LogP contribution is -2.48. The molecule has 1 aliphatic heterocycles. The van der Waals surface area contributed by atoms with Crippen molar-refractivity contribution in [3.8, 4) is 0 Å². The van der Waals surface area contributed by atoms with Gasteiger partial charge in [0.05, 0.1) is 28.8 Å². The summed E-state index contributed by atoms with van der Waals surface area (Å²) in [5.74, 6) is -0.857. The van der Waals surface area contributed by atoms with Gasteiger partial charge in [0.1, 0.15) is 0 Å². The zero-order valence-electron chi connectivity index (χ0n) is 18.6.